The summed E-state index contributed by atoms with van der Waals surface area (Å²) in [6, 6.07) is 6.45. The van der Waals surface area contributed by atoms with Crippen LogP contribution >= 0.6 is 0 Å². The predicted octanol–water partition coefficient (Wildman–Crippen LogP) is 1.44. The molecule has 6 nitrogen and oxygen atoms in total. The lowest BCUT2D eigenvalue weighted by Gasteiger charge is -2.16. The number of nitriles is 1. The number of carbonyl (C=O) groups is 2. The summed E-state index contributed by atoms with van der Waals surface area (Å²) in [6.45, 7) is 1.92. The zero-order valence-electron chi connectivity index (χ0n) is 11.4. The van der Waals surface area contributed by atoms with Crippen LogP contribution in [-0.2, 0) is 4.79 Å². The fraction of sp³-hybridized carbons (Fsp3) is 0.357. The molecule has 20 heavy (non-hydrogen) atoms. The molecule has 0 aliphatic carbocycles. The zero-order valence-corrected chi connectivity index (χ0v) is 11.4. The van der Waals surface area contributed by atoms with Crippen LogP contribution in [0.4, 0.5) is 0 Å². The molecular formula is C14H16N2O4. The van der Waals surface area contributed by atoms with Crippen LogP contribution in [0.1, 0.15) is 22.3 Å². The number of hydrogen-bond donors (Lipinski definition) is 1. The SMILES string of the molecule is Cc1ccc(C(=O)O)cc1OCC(=O)N(C)CCC#N. The third-order valence-corrected chi connectivity index (χ3v) is 2.77. The Labute approximate surface area is 117 Å². The van der Waals surface area contributed by atoms with E-state index in [1.165, 1.54) is 17.0 Å². The third kappa shape index (κ3) is 4.28. The second-order valence-corrected chi connectivity index (χ2v) is 4.30. The maximum atomic E-state index is 11.7. The van der Waals surface area contributed by atoms with Gasteiger partial charge >= 0.3 is 5.97 Å². The van der Waals surface area contributed by atoms with Crippen LogP contribution in [0, 0.1) is 18.3 Å². The minimum atomic E-state index is -1.05. The molecule has 0 heterocycles. The van der Waals surface area contributed by atoms with Crippen LogP contribution in [0.25, 0.3) is 0 Å². The van der Waals surface area contributed by atoms with Crippen LogP contribution < -0.4 is 4.74 Å². The van der Waals surface area contributed by atoms with E-state index in [-0.39, 0.29) is 24.5 Å². The monoisotopic (exact) mass is 276 g/mol. The average Bonchev–Trinajstić information content (AvgIpc) is 2.43. The van der Waals surface area contributed by atoms with Gasteiger partial charge in [0.1, 0.15) is 5.75 Å². The molecule has 0 unspecified atom stereocenters. The minimum absolute atomic E-state index is 0.107. The molecule has 1 N–H and O–H groups in total. The van der Waals surface area contributed by atoms with Gasteiger partial charge in [-0.2, -0.15) is 5.26 Å². The van der Waals surface area contributed by atoms with E-state index in [9.17, 15) is 9.59 Å². The predicted molar refractivity (Wildman–Crippen MR) is 71.5 cm³/mol. The molecule has 6 heteroatoms. The first-order chi connectivity index (χ1) is 9.45. The van der Waals surface area contributed by atoms with Gasteiger partial charge in [-0.3, -0.25) is 4.79 Å². The molecule has 0 aliphatic rings. The standard InChI is InChI=1S/C14H16N2O4/c1-10-4-5-11(14(18)19)8-12(10)20-9-13(17)16(2)7-3-6-15/h4-5,8H,3,7,9H2,1-2H3,(H,18,19). The summed E-state index contributed by atoms with van der Waals surface area (Å²) < 4.78 is 5.35. The van der Waals surface area contributed by atoms with Crippen molar-refractivity contribution < 1.29 is 19.4 Å². The van der Waals surface area contributed by atoms with Crippen LogP contribution in [-0.4, -0.2) is 42.1 Å². The number of aromatic carboxylic acids is 1. The average molecular weight is 276 g/mol. The van der Waals surface area contributed by atoms with Gasteiger partial charge < -0.3 is 14.7 Å². The second kappa shape index (κ2) is 7.14. The Morgan fingerprint density at radius 2 is 2.15 bits per heavy atom. The summed E-state index contributed by atoms with van der Waals surface area (Å²) in [5.41, 5.74) is 0.860. The van der Waals surface area contributed by atoms with Gasteiger partial charge in [0.25, 0.3) is 5.91 Å². The molecule has 0 saturated heterocycles. The second-order valence-electron chi connectivity index (χ2n) is 4.30. The normalized spacial score (nSPS) is 9.65. The quantitative estimate of drug-likeness (QED) is 0.849. The summed E-state index contributed by atoms with van der Waals surface area (Å²) in [4.78, 5) is 24.0. The molecule has 0 aliphatic heterocycles. The van der Waals surface area contributed by atoms with Gasteiger partial charge in [0, 0.05) is 13.6 Å². The summed E-state index contributed by atoms with van der Waals surface area (Å²) >= 11 is 0. The third-order valence-electron chi connectivity index (χ3n) is 2.77. The molecular weight excluding hydrogens is 260 g/mol. The molecule has 1 rings (SSSR count). The molecule has 0 atom stereocenters. The number of amides is 1. The van der Waals surface area contributed by atoms with E-state index in [2.05, 4.69) is 0 Å². The molecule has 0 bridgehead atoms. The summed E-state index contributed by atoms with van der Waals surface area (Å²) in [5.74, 6) is -0.945. The van der Waals surface area contributed by atoms with E-state index in [0.717, 1.165) is 5.56 Å². The number of ether oxygens (including phenoxy) is 1. The Morgan fingerprint density at radius 1 is 1.45 bits per heavy atom. The highest BCUT2D eigenvalue weighted by atomic mass is 16.5. The molecule has 1 aromatic rings. The number of benzene rings is 1. The van der Waals surface area contributed by atoms with Gasteiger partial charge in [-0.05, 0) is 24.6 Å². The van der Waals surface area contributed by atoms with E-state index in [0.29, 0.717) is 12.3 Å². The maximum Gasteiger partial charge on any atom is 0.335 e. The number of likely N-dealkylation sites (N-methyl/N-ethyl adjacent to an activating group) is 1. The van der Waals surface area contributed by atoms with Crippen molar-refractivity contribution in [1.29, 1.82) is 5.26 Å². The molecule has 106 valence electrons. The van der Waals surface area contributed by atoms with Gasteiger partial charge in [0.2, 0.25) is 0 Å². The summed E-state index contributed by atoms with van der Waals surface area (Å²) in [5, 5.41) is 17.4. The van der Waals surface area contributed by atoms with Crippen molar-refractivity contribution in [2.24, 2.45) is 0 Å². The molecule has 0 saturated carbocycles. The van der Waals surface area contributed by atoms with Gasteiger partial charge in [-0.25, -0.2) is 4.79 Å². The number of carboxylic acid groups (broad SMARTS) is 1. The van der Waals surface area contributed by atoms with Gasteiger partial charge in [-0.1, -0.05) is 6.07 Å². The molecule has 1 amide bonds. The first-order valence-electron chi connectivity index (χ1n) is 6.03. The molecule has 1 aromatic carbocycles. The van der Waals surface area contributed by atoms with E-state index < -0.39 is 5.97 Å². The van der Waals surface area contributed by atoms with Crippen LogP contribution in [0.15, 0.2) is 18.2 Å². The fourth-order valence-electron chi connectivity index (χ4n) is 1.48. The van der Waals surface area contributed by atoms with Crippen LogP contribution in [0.5, 0.6) is 5.75 Å². The van der Waals surface area contributed by atoms with Crippen molar-refractivity contribution >= 4 is 11.9 Å². The van der Waals surface area contributed by atoms with Crippen molar-refractivity contribution in [1.82, 2.24) is 4.90 Å². The number of hydrogen-bond acceptors (Lipinski definition) is 4. The highest BCUT2D eigenvalue weighted by molar-refractivity contribution is 5.88. The largest absolute Gasteiger partial charge is 0.483 e. The minimum Gasteiger partial charge on any atom is -0.483 e. The topological polar surface area (TPSA) is 90.6 Å². The Morgan fingerprint density at radius 3 is 2.75 bits per heavy atom. The van der Waals surface area contributed by atoms with Crippen molar-refractivity contribution in [2.45, 2.75) is 13.3 Å². The van der Waals surface area contributed by atoms with Gasteiger partial charge in [-0.15, -0.1) is 0 Å². The molecule has 0 radical (unpaired) electrons. The first-order valence-corrected chi connectivity index (χ1v) is 6.03. The van der Waals surface area contributed by atoms with E-state index in [1.807, 2.05) is 6.07 Å². The Kier molecular flexibility index (Phi) is 5.54. The lowest BCUT2D eigenvalue weighted by atomic mass is 10.1. The summed E-state index contributed by atoms with van der Waals surface area (Å²) in [7, 11) is 1.59. The maximum absolute atomic E-state index is 11.7. The van der Waals surface area contributed by atoms with E-state index in [4.69, 9.17) is 15.1 Å². The first kappa shape index (κ1) is 15.5. The summed E-state index contributed by atoms with van der Waals surface area (Å²) in [6.07, 6.45) is 0.260. The fourth-order valence-corrected chi connectivity index (χ4v) is 1.48. The van der Waals surface area contributed by atoms with Crippen LogP contribution in [0.3, 0.4) is 0 Å². The number of carboxylic acids is 1. The smallest absolute Gasteiger partial charge is 0.335 e. The number of rotatable bonds is 6. The van der Waals surface area contributed by atoms with Crippen molar-refractivity contribution in [3.8, 4) is 11.8 Å². The molecule has 0 spiro atoms. The Hall–Kier alpha value is -2.55. The van der Waals surface area contributed by atoms with Gasteiger partial charge in [0.05, 0.1) is 18.1 Å². The molecule has 0 aromatic heterocycles. The van der Waals surface area contributed by atoms with E-state index >= 15 is 0 Å². The zero-order chi connectivity index (χ0) is 15.1. The van der Waals surface area contributed by atoms with E-state index in [1.54, 1.807) is 20.0 Å². The van der Waals surface area contributed by atoms with Crippen LogP contribution in [0.2, 0.25) is 0 Å². The van der Waals surface area contributed by atoms with Crippen molar-refractivity contribution in [3.05, 3.63) is 29.3 Å². The molecule has 0 fully saturated rings. The number of carbonyl (C=O) groups excluding carboxylic acids is 1. The van der Waals surface area contributed by atoms with Crippen molar-refractivity contribution in [2.75, 3.05) is 20.2 Å². The highest BCUT2D eigenvalue weighted by Crippen LogP contribution is 2.19. The Balaban J connectivity index is 2.65. The lowest BCUT2D eigenvalue weighted by molar-refractivity contribution is -0.131. The van der Waals surface area contributed by atoms with Gasteiger partial charge in [0.15, 0.2) is 6.61 Å². The number of aryl methyl sites for hydroxylation is 1. The Bertz CT molecular complexity index is 549. The highest BCUT2D eigenvalue weighted by Gasteiger charge is 2.11. The lowest BCUT2D eigenvalue weighted by Crippen LogP contribution is -2.32. The number of nitrogens with zero attached hydrogens (tertiary/aromatic N) is 2. The van der Waals surface area contributed by atoms with Crippen molar-refractivity contribution in [3.63, 3.8) is 0 Å².